The second-order valence-electron chi connectivity index (χ2n) is 4.92. The van der Waals surface area contributed by atoms with Crippen molar-refractivity contribution >= 4 is 17.3 Å². The fourth-order valence-corrected chi connectivity index (χ4v) is 3.75. The maximum absolute atomic E-state index is 11.1. The predicted molar refractivity (Wildman–Crippen MR) is 73.9 cm³/mol. The summed E-state index contributed by atoms with van der Waals surface area (Å²) in [5.41, 5.74) is 0. The van der Waals surface area contributed by atoms with E-state index in [1.165, 1.54) is 24.1 Å². The van der Waals surface area contributed by atoms with Crippen LogP contribution in [0.1, 0.15) is 49.9 Å². The first-order valence-corrected chi connectivity index (χ1v) is 7.61. The van der Waals surface area contributed by atoms with Crippen LogP contribution < -0.4 is 0 Å². The lowest BCUT2D eigenvalue weighted by Gasteiger charge is -2.40. The van der Waals surface area contributed by atoms with E-state index in [1.807, 2.05) is 11.4 Å². The number of rotatable bonds is 5. The zero-order chi connectivity index (χ0) is 13.0. The Labute approximate surface area is 112 Å². The van der Waals surface area contributed by atoms with Gasteiger partial charge in [0.15, 0.2) is 0 Å². The van der Waals surface area contributed by atoms with Crippen molar-refractivity contribution in [2.24, 2.45) is 0 Å². The average Bonchev–Trinajstić information content (AvgIpc) is 2.89. The Kier molecular flexibility index (Phi) is 4.78. The van der Waals surface area contributed by atoms with Gasteiger partial charge in [-0.25, -0.2) is 0 Å². The van der Waals surface area contributed by atoms with Gasteiger partial charge in [0.1, 0.15) is 0 Å². The highest BCUT2D eigenvalue weighted by Crippen LogP contribution is 2.34. The summed E-state index contributed by atoms with van der Waals surface area (Å²) in [6.07, 6.45) is 5.01. The van der Waals surface area contributed by atoms with Crippen LogP contribution in [0.3, 0.4) is 0 Å². The van der Waals surface area contributed by atoms with Crippen LogP contribution >= 0.6 is 11.3 Å². The fraction of sp³-hybridized carbons (Fsp3) is 0.643. The number of hydrogen-bond donors (Lipinski definition) is 1. The van der Waals surface area contributed by atoms with Crippen LogP contribution in [0, 0.1) is 0 Å². The molecule has 1 aliphatic heterocycles. The van der Waals surface area contributed by atoms with Gasteiger partial charge in [0.25, 0.3) is 0 Å². The third-order valence-corrected chi connectivity index (χ3v) is 4.76. The summed E-state index contributed by atoms with van der Waals surface area (Å²) in [5, 5.41) is 11.2. The largest absolute Gasteiger partial charge is 0.481 e. The summed E-state index contributed by atoms with van der Waals surface area (Å²) in [6.45, 7) is 3.24. The molecule has 0 bridgehead atoms. The molecule has 1 N–H and O–H groups in total. The molecule has 1 aromatic heterocycles. The number of aliphatic carboxylic acids is 1. The second kappa shape index (κ2) is 6.34. The van der Waals surface area contributed by atoms with E-state index < -0.39 is 5.97 Å². The van der Waals surface area contributed by atoms with Crippen LogP contribution in [-0.2, 0) is 4.79 Å². The van der Waals surface area contributed by atoms with Crippen molar-refractivity contribution in [2.45, 2.75) is 51.1 Å². The summed E-state index contributed by atoms with van der Waals surface area (Å²) in [4.78, 5) is 14.7. The molecule has 1 fully saturated rings. The van der Waals surface area contributed by atoms with Gasteiger partial charge in [-0.3, -0.25) is 9.69 Å². The van der Waals surface area contributed by atoms with Crippen LogP contribution in [0.5, 0.6) is 0 Å². The van der Waals surface area contributed by atoms with Crippen molar-refractivity contribution in [1.29, 1.82) is 0 Å². The molecule has 2 atom stereocenters. The van der Waals surface area contributed by atoms with Crippen molar-refractivity contribution < 1.29 is 9.90 Å². The van der Waals surface area contributed by atoms with Crippen molar-refractivity contribution in [2.75, 3.05) is 6.54 Å². The number of carbonyl (C=O) groups is 1. The number of piperidine rings is 1. The van der Waals surface area contributed by atoms with E-state index in [-0.39, 0.29) is 12.5 Å². The molecule has 1 aliphatic rings. The zero-order valence-electron chi connectivity index (χ0n) is 10.8. The molecule has 0 radical (unpaired) electrons. The van der Waals surface area contributed by atoms with E-state index in [4.69, 9.17) is 5.11 Å². The number of nitrogens with zero attached hydrogens (tertiary/aromatic N) is 1. The van der Waals surface area contributed by atoms with Crippen molar-refractivity contribution in [3.8, 4) is 0 Å². The van der Waals surface area contributed by atoms with Crippen LogP contribution in [0.4, 0.5) is 0 Å². The molecule has 0 aromatic carbocycles. The Morgan fingerprint density at radius 3 is 3.06 bits per heavy atom. The number of carboxylic acids is 1. The van der Waals surface area contributed by atoms with E-state index >= 15 is 0 Å². The zero-order valence-corrected chi connectivity index (χ0v) is 11.7. The topological polar surface area (TPSA) is 40.5 Å². The molecular formula is C14H21NO2S. The Morgan fingerprint density at radius 2 is 2.44 bits per heavy atom. The molecule has 2 heterocycles. The lowest BCUT2D eigenvalue weighted by atomic mass is 9.96. The minimum atomic E-state index is -0.700. The van der Waals surface area contributed by atoms with Gasteiger partial charge >= 0.3 is 5.97 Å². The van der Waals surface area contributed by atoms with Crippen molar-refractivity contribution in [1.82, 2.24) is 4.90 Å². The molecule has 0 aliphatic carbocycles. The summed E-state index contributed by atoms with van der Waals surface area (Å²) < 4.78 is 0. The van der Waals surface area contributed by atoms with Gasteiger partial charge in [0.05, 0.1) is 12.5 Å². The number of likely N-dealkylation sites (tertiary alicyclic amines) is 1. The Bertz CT molecular complexity index is 377. The van der Waals surface area contributed by atoms with Crippen LogP contribution in [0.25, 0.3) is 0 Å². The fourth-order valence-electron chi connectivity index (χ4n) is 2.90. The highest BCUT2D eigenvalue weighted by molar-refractivity contribution is 7.10. The van der Waals surface area contributed by atoms with Crippen LogP contribution in [0.2, 0.25) is 0 Å². The minimum Gasteiger partial charge on any atom is -0.481 e. The number of hydrogen-bond acceptors (Lipinski definition) is 3. The van der Waals surface area contributed by atoms with Gasteiger partial charge in [-0.1, -0.05) is 19.4 Å². The van der Waals surface area contributed by atoms with E-state index in [9.17, 15) is 4.79 Å². The summed E-state index contributed by atoms with van der Waals surface area (Å²) in [7, 11) is 0. The van der Waals surface area contributed by atoms with E-state index in [0.717, 1.165) is 13.0 Å². The summed E-state index contributed by atoms with van der Waals surface area (Å²) in [6, 6.07) is 4.69. The highest BCUT2D eigenvalue weighted by atomic mass is 32.1. The molecule has 2 unspecified atom stereocenters. The maximum atomic E-state index is 11.1. The first-order valence-electron chi connectivity index (χ1n) is 6.73. The minimum absolute atomic E-state index is 0.0627. The van der Waals surface area contributed by atoms with Gasteiger partial charge in [-0.2, -0.15) is 0 Å². The monoisotopic (exact) mass is 267 g/mol. The smallest absolute Gasteiger partial charge is 0.305 e. The molecular weight excluding hydrogens is 246 g/mol. The molecule has 3 nitrogen and oxygen atoms in total. The summed E-state index contributed by atoms with van der Waals surface area (Å²) >= 11 is 1.67. The van der Waals surface area contributed by atoms with E-state index in [1.54, 1.807) is 11.3 Å². The van der Waals surface area contributed by atoms with Crippen molar-refractivity contribution in [3.63, 3.8) is 0 Å². The molecule has 0 amide bonds. The maximum Gasteiger partial charge on any atom is 0.305 e. The number of carboxylic acid groups (broad SMARTS) is 1. The molecule has 100 valence electrons. The second-order valence-corrected chi connectivity index (χ2v) is 5.90. The standard InChI is InChI=1S/C14H21NO2S/c1-2-11-6-3-4-8-15(11)12(10-14(16)17)13-7-5-9-18-13/h5,7,9,11-12H,2-4,6,8,10H2,1H3,(H,16,17). The first-order chi connectivity index (χ1) is 8.72. The van der Waals surface area contributed by atoms with Crippen molar-refractivity contribution in [3.05, 3.63) is 22.4 Å². The van der Waals surface area contributed by atoms with E-state index in [2.05, 4.69) is 17.9 Å². The Hall–Kier alpha value is -0.870. The molecule has 0 saturated carbocycles. The third-order valence-electron chi connectivity index (χ3n) is 3.78. The predicted octanol–water partition coefficient (Wildman–Crippen LogP) is 3.53. The molecule has 1 aromatic rings. The van der Waals surface area contributed by atoms with Gasteiger partial charge < -0.3 is 5.11 Å². The SMILES string of the molecule is CCC1CCCCN1C(CC(=O)O)c1cccs1. The molecule has 1 saturated heterocycles. The Balaban J connectivity index is 2.19. The van der Waals surface area contributed by atoms with Crippen LogP contribution in [-0.4, -0.2) is 28.6 Å². The quantitative estimate of drug-likeness (QED) is 0.887. The normalized spacial score (nSPS) is 22.8. The van der Waals surface area contributed by atoms with Crippen LogP contribution in [0.15, 0.2) is 17.5 Å². The first kappa shape index (κ1) is 13.6. The van der Waals surface area contributed by atoms with Gasteiger partial charge in [-0.15, -0.1) is 11.3 Å². The molecule has 2 rings (SSSR count). The van der Waals surface area contributed by atoms with Gasteiger partial charge in [-0.05, 0) is 37.3 Å². The highest BCUT2D eigenvalue weighted by Gasteiger charge is 2.30. The summed E-state index contributed by atoms with van der Waals surface area (Å²) in [5.74, 6) is -0.700. The van der Waals surface area contributed by atoms with Gasteiger partial charge in [0, 0.05) is 10.9 Å². The third kappa shape index (κ3) is 3.12. The average molecular weight is 267 g/mol. The van der Waals surface area contributed by atoms with Gasteiger partial charge in [0.2, 0.25) is 0 Å². The lowest BCUT2D eigenvalue weighted by molar-refractivity contribution is -0.139. The molecule has 4 heteroatoms. The number of thiophene rings is 1. The lowest BCUT2D eigenvalue weighted by Crippen LogP contribution is -2.42. The molecule has 0 spiro atoms. The molecule has 18 heavy (non-hydrogen) atoms. The Morgan fingerprint density at radius 1 is 1.61 bits per heavy atom. The van der Waals surface area contributed by atoms with E-state index in [0.29, 0.717) is 6.04 Å².